The van der Waals surface area contributed by atoms with E-state index in [-0.39, 0.29) is 42.5 Å². The van der Waals surface area contributed by atoms with Crippen LogP contribution < -0.4 is 5.73 Å². The van der Waals surface area contributed by atoms with Gasteiger partial charge in [-0.25, -0.2) is 4.39 Å². The molecule has 1 aliphatic heterocycles. The van der Waals surface area contributed by atoms with E-state index in [4.69, 9.17) is 5.73 Å². The van der Waals surface area contributed by atoms with Crippen LogP contribution in [0.5, 0.6) is 0 Å². The topological polar surface area (TPSA) is 66.6 Å². The van der Waals surface area contributed by atoms with E-state index in [1.165, 1.54) is 6.07 Å². The van der Waals surface area contributed by atoms with Crippen LogP contribution in [0.15, 0.2) is 48.5 Å². The van der Waals surface area contributed by atoms with Gasteiger partial charge in [-0.05, 0) is 30.2 Å². The van der Waals surface area contributed by atoms with E-state index in [2.05, 4.69) is 0 Å². The second kappa shape index (κ2) is 9.66. The molecule has 0 aliphatic carbocycles. The molecule has 2 aromatic rings. The largest absolute Gasteiger partial charge is 0.339 e. The van der Waals surface area contributed by atoms with Crippen molar-refractivity contribution in [1.29, 1.82) is 0 Å². The Morgan fingerprint density at radius 1 is 1.04 bits per heavy atom. The van der Waals surface area contributed by atoms with Gasteiger partial charge in [0.1, 0.15) is 5.82 Å². The minimum absolute atomic E-state index is 0. The smallest absolute Gasteiger partial charge is 0.254 e. The summed E-state index contributed by atoms with van der Waals surface area (Å²) >= 11 is 0. The summed E-state index contributed by atoms with van der Waals surface area (Å²) in [5.41, 5.74) is 7.91. The fourth-order valence-electron chi connectivity index (χ4n) is 3.20. The normalized spacial score (nSPS) is 15.0. The van der Waals surface area contributed by atoms with Crippen LogP contribution in [-0.4, -0.2) is 47.8 Å². The summed E-state index contributed by atoms with van der Waals surface area (Å²) in [5.74, 6) is -0.605. The van der Waals surface area contributed by atoms with Gasteiger partial charge in [-0.15, -0.1) is 12.4 Å². The monoisotopic (exact) mass is 405 g/mol. The fraction of sp³-hybridized carbons (Fsp3) is 0.333. The van der Waals surface area contributed by atoms with E-state index in [1.54, 1.807) is 28.9 Å². The lowest BCUT2D eigenvalue weighted by atomic mass is 10.0. The molecule has 0 aromatic heterocycles. The Morgan fingerprint density at radius 3 is 2.25 bits per heavy atom. The Bertz CT molecular complexity index is 824. The van der Waals surface area contributed by atoms with Crippen LogP contribution in [0.4, 0.5) is 4.39 Å². The molecular weight excluding hydrogens is 381 g/mol. The molecule has 0 spiro atoms. The minimum Gasteiger partial charge on any atom is -0.339 e. The molecule has 2 aromatic carbocycles. The summed E-state index contributed by atoms with van der Waals surface area (Å²) in [6, 6.07) is 13.7. The predicted molar refractivity (Wildman–Crippen MR) is 109 cm³/mol. The lowest BCUT2D eigenvalue weighted by molar-refractivity contribution is -0.133. The van der Waals surface area contributed by atoms with Gasteiger partial charge in [-0.3, -0.25) is 9.59 Å². The molecule has 1 unspecified atom stereocenters. The Hall–Kier alpha value is -2.44. The first kappa shape index (κ1) is 21.9. The third-order valence-corrected chi connectivity index (χ3v) is 4.96. The molecule has 150 valence electrons. The van der Waals surface area contributed by atoms with E-state index >= 15 is 0 Å². The highest BCUT2D eigenvalue weighted by Gasteiger charge is 2.26. The zero-order chi connectivity index (χ0) is 19.4. The first-order valence-corrected chi connectivity index (χ1v) is 9.09. The first-order chi connectivity index (χ1) is 13.0. The molecular formula is C21H25ClFN3O2. The summed E-state index contributed by atoms with van der Waals surface area (Å²) < 4.78 is 13.7. The standard InChI is InChI=1S/C21H24FN3O2.ClH/c1-15-7-8-17(13-18(15)22)21(27)25-11-9-24(10-12-25)20(26)14-19(23)16-5-3-2-4-6-16;/h2-8,13,19H,9-12,14,23H2,1H3;1H. The SMILES string of the molecule is Cc1ccc(C(=O)N2CCN(C(=O)CC(N)c3ccccc3)CC2)cc1F.Cl. The molecule has 1 saturated heterocycles. The molecule has 2 N–H and O–H groups in total. The van der Waals surface area contributed by atoms with Crippen molar-refractivity contribution in [2.45, 2.75) is 19.4 Å². The van der Waals surface area contributed by atoms with E-state index in [1.807, 2.05) is 30.3 Å². The first-order valence-electron chi connectivity index (χ1n) is 9.09. The maximum absolute atomic E-state index is 13.7. The zero-order valence-electron chi connectivity index (χ0n) is 15.8. The van der Waals surface area contributed by atoms with Gasteiger partial charge in [0.25, 0.3) is 5.91 Å². The number of benzene rings is 2. The van der Waals surface area contributed by atoms with Crippen molar-refractivity contribution in [3.63, 3.8) is 0 Å². The van der Waals surface area contributed by atoms with Crippen molar-refractivity contribution in [2.75, 3.05) is 26.2 Å². The van der Waals surface area contributed by atoms with Crippen LogP contribution in [-0.2, 0) is 4.79 Å². The molecule has 0 saturated carbocycles. The summed E-state index contributed by atoms with van der Waals surface area (Å²) in [4.78, 5) is 28.4. The number of hydrogen-bond acceptors (Lipinski definition) is 3. The van der Waals surface area contributed by atoms with Crippen molar-refractivity contribution >= 4 is 24.2 Å². The summed E-state index contributed by atoms with van der Waals surface area (Å²) in [6.45, 7) is 3.44. The molecule has 7 heteroatoms. The van der Waals surface area contributed by atoms with Crippen LogP contribution in [0.3, 0.4) is 0 Å². The highest BCUT2D eigenvalue weighted by Crippen LogP contribution is 2.17. The van der Waals surface area contributed by atoms with Crippen molar-refractivity contribution in [3.05, 3.63) is 71.0 Å². The number of hydrogen-bond donors (Lipinski definition) is 1. The minimum atomic E-state index is -0.385. The van der Waals surface area contributed by atoms with Crippen molar-refractivity contribution in [1.82, 2.24) is 9.80 Å². The summed E-state index contributed by atoms with van der Waals surface area (Å²) in [6.07, 6.45) is 0.237. The molecule has 1 fully saturated rings. The van der Waals surface area contributed by atoms with E-state index in [0.29, 0.717) is 37.3 Å². The number of halogens is 2. The van der Waals surface area contributed by atoms with Gasteiger partial charge >= 0.3 is 0 Å². The number of rotatable bonds is 4. The van der Waals surface area contributed by atoms with Gasteiger partial charge in [0.15, 0.2) is 0 Å². The molecule has 0 bridgehead atoms. The third kappa shape index (κ3) is 5.09. The second-order valence-electron chi connectivity index (χ2n) is 6.86. The van der Waals surface area contributed by atoms with Crippen molar-refractivity contribution in [3.8, 4) is 0 Å². The van der Waals surface area contributed by atoms with Gasteiger partial charge in [-0.2, -0.15) is 0 Å². The summed E-state index contributed by atoms with van der Waals surface area (Å²) in [7, 11) is 0. The van der Waals surface area contributed by atoms with Gasteiger partial charge in [0.2, 0.25) is 5.91 Å². The fourth-order valence-corrected chi connectivity index (χ4v) is 3.20. The van der Waals surface area contributed by atoms with E-state index in [9.17, 15) is 14.0 Å². The predicted octanol–water partition coefficient (Wildman–Crippen LogP) is 2.93. The lowest BCUT2D eigenvalue weighted by Crippen LogP contribution is -2.51. The van der Waals surface area contributed by atoms with Crippen molar-refractivity contribution in [2.24, 2.45) is 5.73 Å². The Balaban J connectivity index is 0.00000280. The zero-order valence-corrected chi connectivity index (χ0v) is 16.6. The van der Waals surface area contributed by atoms with Crippen LogP contribution in [0.1, 0.15) is 33.9 Å². The number of carbonyl (C=O) groups is 2. The average molecular weight is 406 g/mol. The Kier molecular flexibility index (Phi) is 7.54. The molecule has 1 heterocycles. The third-order valence-electron chi connectivity index (χ3n) is 4.96. The quantitative estimate of drug-likeness (QED) is 0.850. The molecule has 1 atom stereocenters. The van der Waals surface area contributed by atoms with Gasteiger partial charge in [0, 0.05) is 44.2 Å². The maximum atomic E-state index is 13.7. The van der Waals surface area contributed by atoms with E-state index < -0.39 is 0 Å². The molecule has 2 amide bonds. The van der Waals surface area contributed by atoms with E-state index in [0.717, 1.165) is 5.56 Å². The number of nitrogens with two attached hydrogens (primary N) is 1. The van der Waals surface area contributed by atoms with Gasteiger partial charge in [-0.1, -0.05) is 36.4 Å². The van der Waals surface area contributed by atoms with Crippen LogP contribution in [0.2, 0.25) is 0 Å². The number of nitrogens with zero attached hydrogens (tertiary/aromatic N) is 2. The Morgan fingerprint density at radius 2 is 1.64 bits per heavy atom. The van der Waals surface area contributed by atoms with Crippen LogP contribution in [0, 0.1) is 12.7 Å². The number of aryl methyl sites for hydroxylation is 1. The lowest BCUT2D eigenvalue weighted by Gasteiger charge is -2.35. The average Bonchev–Trinajstić information content (AvgIpc) is 2.70. The highest BCUT2D eigenvalue weighted by atomic mass is 35.5. The second-order valence-corrected chi connectivity index (χ2v) is 6.86. The molecule has 3 rings (SSSR count). The number of carbonyl (C=O) groups excluding carboxylic acids is 2. The maximum Gasteiger partial charge on any atom is 0.254 e. The number of piperazine rings is 1. The highest BCUT2D eigenvalue weighted by molar-refractivity contribution is 5.94. The molecule has 0 radical (unpaired) electrons. The Labute approximate surface area is 170 Å². The summed E-state index contributed by atoms with van der Waals surface area (Å²) in [5, 5.41) is 0. The molecule has 28 heavy (non-hydrogen) atoms. The van der Waals surface area contributed by atoms with Crippen LogP contribution in [0.25, 0.3) is 0 Å². The number of amides is 2. The molecule has 1 aliphatic rings. The van der Waals surface area contributed by atoms with Crippen LogP contribution >= 0.6 is 12.4 Å². The van der Waals surface area contributed by atoms with Crippen molar-refractivity contribution < 1.29 is 14.0 Å². The van der Waals surface area contributed by atoms with Gasteiger partial charge < -0.3 is 15.5 Å². The molecule has 5 nitrogen and oxygen atoms in total. The van der Waals surface area contributed by atoms with Gasteiger partial charge in [0.05, 0.1) is 0 Å².